The largest absolute Gasteiger partial charge is 0.493 e. The summed E-state index contributed by atoms with van der Waals surface area (Å²) in [5, 5.41) is 0.975. The number of hydrogen-bond donors (Lipinski definition) is 0. The number of aromatic nitrogens is 1. The fourth-order valence-corrected chi connectivity index (χ4v) is 3.92. The van der Waals surface area contributed by atoms with E-state index in [-0.39, 0.29) is 17.8 Å². The lowest BCUT2D eigenvalue weighted by Crippen LogP contribution is -2.41. The second-order valence-electron chi connectivity index (χ2n) is 7.12. The summed E-state index contributed by atoms with van der Waals surface area (Å²) in [7, 11) is 0. The Kier molecular flexibility index (Phi) is 6.60. The van der Waals surface area contributed by atoms with Crippen LogP contribution in [0.3, 0.4) is 0 Å². The first kappa shape index (κ1) is 20.2. The normalized spacial score (nSPS) is 15.0. The van der Waals surface area contributed by atoms with Crippen molar-refractivity contribution in [2.45, 2.75) is 46.6 Å². The molecule has 28 heavy (non-hydrogen) atoms. The molecule has 1 aliphatic heterocycles. The summed E-state index contributed by atoms with van der Waals surface area (Å²) in [4.78, 5) is 27.1. The van der Waals surface area contributed by atoms with Gasteiger partial charge in [-0.25, -0.2) is 0 Å². The number of aryl methyl sites for hydroxylation is 1. The number of carbonyl (C=O) groups is 2. The van der Waals surface area contributed by atoms with Crippen LogP contribution in [0.1, 0.15) is 50.5 Å². The van der Waals surface area contributed by atoms with Crippen molar-refractivity contribution < 1.29 is 19.1 Å². The van der Waals surface area contributed by atoms with Gasteiger partial charge in [0.05, 0.1) is 24.6 Å². The summed E-state index contributed by atoms with van der Waals surface area (Å²) in [6.07, 6.45) is 2.25. The average molecular weight is 386 g/mol. The molecule has 0 saturated carbocycles. The molecule has 1 fully saturated rings. The molecule has 2 aromatic rings. The Hall–Kier alpha value is -2.50. The van der Waals surface area contributed by atoms with Gasteiger partial charge in [-0.1, -0.05) is 13.0 Å². The molecule has 6 heteroatoms. The van der Waals surface area contributed by atoms with E-state index in [0.29, 0.717) is 44.8 Å². The minimum atomic E-state index is -0.143. The van der Waals surface area contributed by atoms with E-state index in [9.17, 15) is 9.59 Å². The van der Waals surface area contributed by atoms with Gasteiger partial charge < -0.3 is 18.9 Å². The van der Waals surface area contributed by atoms with Gasteiger partial charge in [-0.05, 0) is 51.3 Å². The van der Waals surface area contributed by atoms with Crippen LogP contribution in [0.2, 0.25) is 0 Å². The van der Waals surface area contributed by atoms with Gasteiger partial charge in [-0.15, -0.1) is 0 Å². The predicted molar refractivity (Wildman–Crippen MR) is 109 cm³/mol. The highest BCUT2D eigenvalue weighted by Crippen LogP contribution is 2.31. The number of hydrogen-bond acceptors (Lipinski definition) is 4. The number of likely N-dealkylation sites (tertiary alicyclic amines) is 1. The Balaban J connectivity index is 1.84. The molecular weight excluding hydrogens is 356 g/mol. The second-order valence-corrected chi connectivity index (χ2v) is 7.12. The monoisotopic (exact) mass is 386 g/mol. The first-order valence-electron chi connectivity index (χ1n) is 10.3. The lowest BCUT2D eigenvalue weighted by atomic mass is 9.97. The topological polar surface area (TPSA) is 60.8 Å². The van der Waals surface area contributed by atoms with Gasteiger partial charge in [0.2, 0.25) is 0 Å². The zero-order chi connectivity index (χ0) is 20.1. The number of amides is 1. The average Bonchev–Trinajstić information content (AvgIpc) is 3.08. The van der Waals surface area contributed by atoms with Crippen LogP contribution < -0.4 is 4.74 Å². The van der Waals surface area contributed by atoms with Crippen molar-refractivity contribution in [1.82, 2.24) is 9.47 Å². The third-order valence-electron chi connectivity index (χ3n) is 5.27. The van der Waals surface area contributed by atoms with Crippen molar-refractivity contribution >= 4 is 22.8 Å². The van der Waals surface area contributed by atoms with Gasteiger partial charge in [0.15, 0.2) is 0 Å². The maximum atomic E-state index is 13.3. The van der Waals surface area contributed by atoms with Crippen LogP contribution >= 0.6 is 0 Å². The Labute approximate surface area is 166 Å². The Bertz CT molecular complexity index is 834. The maximum absolute atomic E-state index is 13.3. The summed E-state index contributed by atoms with van der Waals surface area (Å²) in [6, 6.07) is 7.91. The van der Waals surface area contributed by atoms with E-state index >= 15 is 0 Å². The number of nitrogens with zero attached hydrogens (tertiary/aromatic N) is 2. The predicted octanol–water partition coefficient (Wildman–Crippen LogP) is 3.87. The molecule has 6 nitrogen and oxygen atoms in total. The Morgan fingerprint density at radius 2 is 1.86 bits per heavy atom. The van der Waals surface area contributed by atoms with Crippen LogP contribution in [-0.4, -0.2) is 47.6 Å². The maximum Gasteiger partial charge on any atom is 0.309 e. The van der Waals surface area contributed by atoms with Gasteiger partial charge in [-0.2, -0.15) is 0 Å². The number of esters is 1. The van der Waals surface area contributed by atoms with Gasteiger partial charge in [0, 0.05) is 25.0 Å². The molecule has 0 atom stereocenters. The summed E-state index contributed by atoms with van der Waals surface area (Å²) in [6.45, 7) is 8.81. The summed E-state index contributed by atoms with van der Waals surface area (Å²) in [5.74, 6) is 0.588. The molecule has 0 bridgehead atoms. The van der Waals surface area contributed by atoms with E-state index in [0.717, 1.165) is 29.6 Å². The van der Waals surface area contributed by atoms with E-state index in [1.807, 2.05) is 43.0 Å². The van der Waals surface area contributed by atoms with E-state index in [1.54, 1.807) is 0 Å². The molecule has 0 spiro atoms. The van der Waals surface area contributed by atoms with E-state index in [2.05, 4.69) is 11.5 Å². The number of fused-ring (bicyclic) bond motifs is 1. The van der Waals surface area contributed by atoms with Crippen molar-refractivity contribution in [1.29, 1.82) is 0 Å². The summed E-state index contributed by atoms with van der Waals surface area (Å²) < 4.78 is 13.0. The molecule has 3 rings (SSSR count). The first-order valence-corrected chi connectivity index (χ1v) is 10.3. The Morgan fingerprint density at radius 3 is 2.50 bits per heavy atom. The SMILES string of the molecule is CCCn1c(C(=O)N2CCC(C(=O)OCC)CC2)cc2c(OCC)cccc21. The quantitative estimate of drug-likeness (QED) is 0.678. The fraction of sp³-hybridized carbons (Fsp3) is 0.545. The van der Waals surface area contributed by atoms with E-state index < -0.39 is 0 Å². The molecule has 1 aromatic carbocycles. The molecule has 0 aliphatic carbocycles. The summed E-state index contributed by atoms with van der Waals surface area (Å²) in [5.41, 5.74) is 1.72. The van der Waals surface area contributed by atoms with Crippen LogP contribution in [-0.2, 0) is 16.1 Å². The molecule has 1 aromatic heterocycles. The molecule has 1 amide bonds. The third kappa shape index (κ3) is 4.01. The Morgan fingerprint density at radius 1 is 1.11 bits per heavy atom. The van der Waals surface area contributed by atoms with Crippen molar-refractivity contribution in [2.75, 3.05) is 26.3 Å². The number of rotatable bonds is 7. The molecule has 1 aliphatic rings. The van der Waals surface area contributed by atoms with Crippen molar-refractivity contribution in [3.63, 3.8) is 0 Å². The number of benzene rings is 1. The highest BCUT2D eigenvalue weighted by Gasteiger charge is 2.30. The number of ether oxygens (including phenoxy) is 2. The van der Waals surface area contributed by atoms with Crippen LogP contribution in [0.5, 0.6) is 5.75 Å². The lowest BCUT2D eigenvalue weighted by Gasteiger charge is -2.31. The van der Waals surface area contributed by atoms with E-state index in [4.69, 9.17) is 9.47 Å². The standard InChI is InChI=1S/C22H30N2O4/c1-4-12-24-18-8-7-9-20(27-5-2)17(18)15-19(24)21(25)23-13-10-16(11-14-23)22(26)28-6-3/h7-9,15-16H,4-6,10-14H2,1-3H3. The fourth-order valence-electron chi connectivity index (χ4n) is 3.92. The number of piperidine rings is 1. The lowest BCUT2D eigenvalue weighted by molar-refractivity contribution is -0.149. The highest BCUT2D eigenvalue weighted by atomic mass is 16.5. The third-order valence-corrected chi connectivity index (χ3v) is 5.27. The molecular formula is C22H30N2O4. The van der Waals surface area contributed by atoms with Gasteiger partial charge >= 0.3 is 5.97 Å². The van der Waals surface area contributed by atoms with Crippen molar-refractivity contribution in [3.05, 3.63) is 30.0 Å². The van der Waals surface area contributed by atoms with Crippen molar-refractivity contribution in [3.8, 4) is 5.75 Å². The highest BCUT2D eigenvalue weighted by molar-refractivity contribution is 6.00. The minimum Gasteiger partial charge on any atom is -0.493 e. The van der Waals surface area contributed by atoms with Gasteiger partial charge in [0.1, 0.15) is 11.4 Å². The zero-order valence-electron chi connectivity index (χ0n) is 17.1. The smallest absolute Gasteiger partial charge is 0.309 e. The molecule has 152 valence electrons. The molecule has 2 heterocycles. The van der Waals surface area contributed by atoms with Crippen LogP contribution in [0, 0.1) is 5.92 Å². The number of carbonyl (C=O) groups excluding carboxylic acids is 2. The first-order chi connectivity index (χ1) is 13.6. The summed E-state index contributed by atoms with van der Waals surface area (Å²) >= 11 is 0. The van der Waals surface area contributed by atoms with Crippen LogP contribution in [0.25, 0.3) is 10.9 Å². The van der Waals surface area contributed by atoms with Gasteiger partial charge in [-0.3, -0.25) is 9.59 Å². The second kappa shape index (κ2) is 9.13. The molecule has 0 N–H and O–H groups in total. The van der Waals surface area contributed by atoms with E-state index in [1.165, 1.54) is 0 Å². The minimum absolute atomic E-state index is 0.0226. The van der Waals surface area contributed by atoms with Gasteiger partial charge in [0.25, 0.3) is 5.91 Å². The molecule has 0 radical (unpaired) electrons. The van der Waals surface area contributed by atoms with Crippen molar-refractivity contribution in [2.24, 2.45) is 5.92 Å². The van der Waals surface area contributed by atoms with Crippen LogP contribution in [0.15, 0.2) is 24.3 Å². The van der Waals surface area contributed by atoms with Crippen LogP contribution in [0.4, 0.5) is 0 Å². The zero-order valence-corrected chi connectivity index (χ0v) is 17.1. The molecule has 0 unspecified atom stereocenters. The molecule has 1 saturated heterocycles.